The van der Waals surface area contributed by atoms with E-state index in [0.29, 0.717) is 12.0 Å². The number of nitrogens with zero attached hydrogens (tertiary/aromatic N) is 1. The predicted octanol–water partition coefficient (Wildman–Crippen LogP) is 3.79. The Labute approximate surface area is 120 Å². The third-order valence-corrected chi connectivity index (χ3v) is 4.83. The number of aliphatic carboxylic acids is 1. The molecule has 108 valence electrons. The lowest BCUT2D eigenvalue weighted by molar-refractivity contribution is -0.137. The molecule has 1 aliphatic carbocycles. The highest BCUT2D eigenvalue weighted by Crippen LogP contribution is 2.41. The van der Waals surface area contributed by atoms with E-state index in [-0.39, 0.29) is 6.42 Å². The van der Waals surface area contributed by atoms with Gasteiger partial charge in [0.15, 0.2) is 0 Å². The fourth-order valence-corrected chi connectivity index (χ4v) is 3.81. The maximum absolute atomic E-state index is 10.8. The van der Waals surface area contributed by atoms with Crippen LogP contribution in [0.1, 0.15) is 56.4 Å². The van der Waals surface area contributed by atoms with Crippen LogP contribution >= 0.6 is 0 Å². The van der Waals surface area contributed by atoms with Crippen LogP contribution in [0.25, 0.3) is 0 Å². The van der Waals surface area contributed by atoms with Gasteiger partial charge in [0.1, 0.15) is 0 Å². The highest BCUT2D eigenvalue weighted by atomic mass is 16.4. The molecule has 1 N–H and O–H groups in total. The third-order valence-electron chi connectivity index (χ3n) is 4.83. The molecule has 1 aromatic rings. The van der Waals surface area contributed by atoms with Gasteiger partial charge in [-0.15, -0.1) is 0 Å². The zero-order chi connectivity index (χ0) is 13.9. The zero-order valence-corrected chi connectivity index (χ0v) is 11.9. The molecule has 3 heteroatoms. The largest absolute Gasteiger partial charge is 0.481 e. The van der Waals surface area contributed by atoms with Gasteiger partial charge in [-0.05, 0) is 30.9 Å². The highest BCUT2D eigenvalue weighted by Gasteiger charge is 2.33. The first kappa shape index (κ1) is 13.5. The van der Waals surface area contributed by atoms with E-state index in [1.807, 2.05) is 0 Å². The first-order chi connectivity index (χ1) is 9.75. The normalized spacial score (nSPS) is 22.8. The number of carboxylic acids is 1. The molecular formula is C17H23NO2. The fourth-order valence-electron chi connectivity index (χ4n) is 3.81. The van der Waals surface area contributed by atoms with Gasteiger partial charge in [0.25, 0.3) is 0 Å². The molecule has 20 heavy (non-hydrogen) atoms. The lowest BCUT2D eigenvalue weighted by Crippen LogP contribution is -2.36. The fraction of sp³-hybridized carbons (Fsp3) is 0.588. The Kier molecular flexibility index (Phi) is 3.95. The molecule has 1 saturated carbocycles. The number of fused-ring (bicyclic) bond motifs is 1. The van der Waals surface area contributed by atoms with Crippen molar-refractivity contribution in [1.82, 2.24) is 0 Å². The summed E-state index contributed by atoms with van der Waals surface area (Å²) in [7, 11) is 0. The van der Waals surface area contributed by atoms with Crippen molar-refractivity contribution in [2.45, 2.75) is 56.9 Å². The summed E-state index contributed by atoms with van der Waals surface area (Å²) < 4.78 is 0. The van der Waals surface area contributed by atoms with Gasteiger partial charge in [-0.1, -0.05) is 37.5 Å². The monoisotopic (exact) mass is 273 g/mol. The molecule has 0 bridgehead atoms. The molecule has 0 amide bonds. The summed E-state index contributed by atoms with van der Waals surface area (Å²) in [5.74, 6) is -0.289. The van der Waals surface area contributed by atoms with Crippen LogP contribution in [-0.2, 0) is 4.79 Å². The Morgan fingerprint density at radius 1 is 1.20 bits per heavy atom. The second-order valence-electron chi connectivity index (χ2n) is 6.13. The Morgan fingerprint density at radius 3 is 2.70 bits per heavy atom. The second kappa shape index (κ2) is 5.86. The number of benzene rings is 1. The van der Waals surface area contributed by atoms with Crippen molar-refractivity contribution in [1.29, 1.82) is 0 Å². The van der Waals surface area contributed by atoms with Crippen LogP contribution in [0.5, 0.6) is 0 Å². The SMILES string of the molecule is O=C(O)CCC1CN(C2CCCCC2)c2ccccc21. The van der Waals surface area contributed by atoms with Crippen molar-refractivity contribution < 1.29 is 9.90 Å². The minimum Gasteiger partial charge on any atom is -0.481 e. The van der Waals surface area contributed by atoms with Crippen molar-refractivity contribution in [2.75, 3.05) is 11.4 Å². The van der Waals surface area contributed by atoms with Gasteiger partial charge >= 0.3 is 5.97 Å². The summed E-state index contributed by atoms with van der Waals surface area (Å²) in [6.45, 7) is 1.01. The summed E-state index contributed by atoms with van der Waals surface area (Å²) in [5, 5.41) is 8.92. The number of rotatable bonds is 4. The summed E-state index contributed by atoms with van der Waals surface area (Å²) in [5.41, 5.74) is 2.72. The molecule has 3 nitrogen and oxygen atoms in total. The minimum atomic E-state index is -0.682. The molecular weight excluding hydrogens is 250 g/mol. The Morgan fingerprint density at radius 2 is 1.95 bits per heavy atom. The third kappa shape index (κ3) is 2.67. The lowest BCUT2D eigenvalue weighted by atomic mass is 9.94. The Hall–Kier alpha value is -1.51. The van der Waals surface area contributed by atoms with Gasteiger partial charge in [-0.25, -0.2) is 0 Å². The van der Waals surface area contributed by atoms with Gasteiger partial charge in [0.05, 0.1) is 0 Å². The van der Waals surface area contributed by atoms with Crippen LogP contribution in [0.3, 0.4) is 0 Å². The van der Waals surface area contributed by atoms with E-state index in [4.69, 9.17) is 5.11 Å². The van der Waals surface area contributed by atoms with Gasteiger partial charge in [0.2, 0.25) is 0 Å². The van der Waals surface area contributed by atoms with E-state index in [0.717, 1.165) is 13.0 Å². The number of anilines is 1. The smallest absolute Gasteiger partial charge is 0.303 e. The van der Waals surface area contributed by atoms with Crippen LogP contribution in [-0.4, -0.2) is 23.7 Å². The molecule has 1 aromatic carbocycles. The first-order valence-corrected chi connectivity index (χ1v) is 7.83. The van der Waals surface area contributed by atoms with Crippen molar-refractivity contribution in [3.05, 3.63) is 29.8 Å². The predicted molar refractivity (Wildman–Crippen MR) is 80.3 cm³/mol. The molecule has 0 aromatic heterocycles. The van der Waals surface area contributed by atoms with E-state index in [1.54, 1.807) is 0 Å². The molecule has 1 fully saturated rings. The van der Waals surface area contributed by atoms with Crippen molar-refractivity contribution in [2.24, 2.45) is 0 Å². The van der Waals surface area contributed by atoms with E-state index in [9.17, 15) is 4.79 Å². The zero-order valence-electron chi connectivity index (χ0n) is 11.9. The molecule has 1 heterocycles. The van der Waals surface area contributed by atoms with Crippen LogP contribution < -0.4 is 4.90 Å². The van der Waals surface area contributed by atoms with Crippen LogP contribution in [0.2, 0.25) is 0 Å². The number of hydrogen-bond donors (Lipinski definition) is 1. The molecule has 2 aliphatic rings. The molecule has 0 spiro atoms. The van der Waals surface area contributed by atoms with Gasteiger partial charge in [-0.2, -0.15) is 0 Å². The van der Waals surface area contributed by atoms with E-state index < -0.39 is 5.97 Å². The standard InChI is InChI=1S/C17H23NO2/c19-17(20)11-10-13-12-18(14-6-2-1-3-7-14)16-9-5-4-8-15(13)16/h4-5,8-9,13-14H,1-3,6-7,10-12H2,(H,19,20). The van der Waals surface area contributed by atoms with E-state index >= 15 is 0 Å². The van der Waals surface area contributed by atoms with E-state index in [2.05, 4.69) is 29.2 Å². The molecule has 1 unspecified atom stereocenters. The summed E-state index contributed by atoms with van der Waals surface area (Å²) in [4.78, 5) is 13.4. The van der Waals surface area contributed by atoms with Crippen LogP contribution in [0.4, 0.5) is 5.69 Å². The molecule has 1 aliphatic heterocycles. The maximum atomic E-state index is 10.8. The second-order valence-corrected chi connectivity index (χ2v) is 6.13. The lowest BCUT2D eigenvalue weighted by Gasteiger charge is -2.33. The quantitative estimate of drug-likeness (QED) is 0.907. The Balaban J connectivity index is 1.78. The molecule has 3 rings (SSSR count). The van der Waals surface area contributed by atoms with Crippen molar-refractivity contribution in [3.63, 3.8) is 0 Å². The number of hydrogen-bond acceptors (Lipinski definition) is 2. The number of carbonyl (C=O) groups is 1. The van der Waals surface area contributed by atoms with Gasteiger partial charge in [0, 0.05) is 30.6 Å². The molecule has 0 radical (unpaired) electrons. The van der Waals surface area contributed by atoms with Crippen LogP contribution in [0, 0.1) is 0 Å². The Bertz CT molecular complexity index is 480. The van der Waals surface area contributed by atoms with Crippen LogP contribution in [0.15, 0.2) is 24.3 Å². The summed E-state index contributed by atoms with van der Waals surface area (Å²) >= 11 is 0. The highest BCUT2D eigenvalue weighted by molar-refractivity contribution is 5.67. The summed E-state index contributed by atoms with van der Waals surface area (Å²) in [6.07, 6.45) is 7.66. The van der Waals surface area contributed by atoms with Crippen molar-refractivity contribution in [3.8, 4) is 0 Å². The first-order valence-electron chi connectivity index (χ1n) is 7.83. The van der Waals surface area contributed by atoms with Gasteiger partial charge in [-0.3, -0.25) is 4.79 Å². The maximum Gasteiger partial charge on any atom is 0.303 e. The van der Waals surface area contributed by atoms with E-state index in [1.165, 1.54) is 43.4 Å². The molecule has 0 saturated heterocycles. The average Bonchev–Trinajstić information content (AvgIpc) is 2.85. The molecule has 1 atom stereocenters. The topological polar surface area (TPSA) is 40.5 Å². The van der Waals surface area contributed by atoms with Crippen molar-refractivity contribution >= 4 is 11.7 Å². The number of carboxylic acid groups (broad SMARTS) is 1. The summed E-state index contributed by atoms with van der Waals surface area (Å²) in [6, 6.07) is 9.25. The average molecular weight is 273 g/mol. The number of para-hydroxylation sites is 1. The minimum absolute atomic E-state index is 0.275. The van der Waals surface area contributed by atoms with Gasteiger partial charge < -0.3 is 10.0 Å².